The molecular formula is C28H54O8. The van der Waals surface area contributed by atoms with Crippen LogP contribution in [-0.2, 0) is 38.0 Å². The number of carbonyl (C=O) groups is 2. The van der Waals surface area contributed by atoms with Gasteiger partial charge in [-0.05, 0) is 6.42 Å². The summed E-state index contributed by atoms with van der Waals surface area (Å²) in [6, 6.07) is 0. The highest BCUT2D eigenvalue weighted by Crippen LogP contribution is 2.13. The van der Waals surface area contributed by atoms with E-state index in [2.05, 4.69) is 6.92 Å². The van der Waals surface area contributed by atoms with Gasteiger partial charge in [0.05, 0.1) is 52.9 Å². The third-order valence-corrected chi connectivity index (χ3v) is 5.62. The quantitative estimate of drug-likeness (QED) is 0.0928. The normalized spacial score (nSPS) is 11.1. The number of rotatable bonds is 29. The molecule has 0 bridgehead atoms. The van der Waals surface area contributed by atoms with E-state index in [1.54, 1.807) is 0 Å². The number of hydrogen-bond acceptors (Lipinski definition) is 8. The second-order valence-electron chi connectivity index (χ2n) is 9.00. The lowest BCUT2D eigenvalue weighted by Crippen LogP contribution is -2.15. The molecule has 0 aliphatic heterocycles. The van der Waals surface area contributed by atoms with Gasteiger partial charge in [0.2, 0.25) is 0 Å². The van der Waals surface area contributed by atoms with Gasteiger partial charge in [-0.3, -0.25) is 9.59 Å². The summed E-state index contributed by atoms with van der Waals surface area (Å²) in [7, 11) is 0. The first-order valence-electron chi connectivity index (χ1n) is 14.3. The first kappa shape index (κ1) is 34.8. The fraction of sp³-hybridized carbons (Fsp3) is 0.929. The van der Waals surface area contributed by atoms with Crippen molar-refractivity contribution in [2.45, 2.75) is 104 Å². The summed E-state index contributed by atoms with van der Waals surface area (Å²) in [6.07, 6.45) is 17.4. The molecule has 8 heteroatoms. The lowest BCUT2D eigenvalue weighted by Gasteiger charge is -2.08. The van der Waals surface area contributed by atoms with E-state index in [9.17, 15) is 9.59 Å². The molecule has 0 aromatic carbocycles. The number of ether oxygens (including phenoxy) is 6. The molecule has 0 aliphatic rings. The Morgan fingerprint density at radius 2 is 0.778 bits per heavy atom. The van der Waals surface area contributed by atoms with Crippen molar-refractivity contribution in [2.75, 3.05) is 66.1 Å². The molecule has 0 fully saturated rings. The molecule has 0 rings (SSSR count). The summed E-state index contributed by atoms with van der Waals surface area (Å²) in [5.74, 6) is -0.442. The van der Waals surface area contributed by atoms with Crippen molar-refractivity contribution in [2.24, 2.45) is 0 Å². The van der Waals surface area contributed by atoms with Gasteiger partial charge in [0.1, 0.15) is 13.2 Å². The van der Waals surface area contributed by atoms with Crippen molar-refractivity contribution in [1.82, 2.24) is 0 Å². The summed E-state index contributed by atoms with van der Waals surface area (Å²) in [5.41, 5.74) is 0. The maximum absolute atomic E-state index is 11.8. The predicted molar refractivity (Wildman–Crippen MR) is 141 cm³/mol. The molecule has 0 saturated heterocycles. The largest absolute Gasteiger partial charge is 0.463 e. The first-order chi connectivity index (χ1) is 17.7. The van der Waals surface area contributed by atoms with Crippen LogP contribution in [0.2, 0.25) is 0 Å². The van der Waals surface area contributed by atoms with E-state index in [0.29, 0.717) is 59.3 Å². The van der Waals surface area contributed by atoms with Gasteiger partial charge in [-0.15, -0.1) is 0 Å². The summed E-state index contributed by atoms with van der Waals surface area (Å²) < 4.78 is 31.4. The van der Waals surface area contributed by atoms with Gasteiger partial charge in [-0.25, -0.2) is 0 Å². The highest BCUT2D eigenvalue weighted by Gasteiger charge is 2.03. The van der Waals surface area contributed by atoms with Crippen molar-refractivity contribution < 1.29 is 38.0 Å². The van der Waals surface area contributed by atoms with Crippen LogP contribution in [0.15, 0.2) is 0 Å². The zero-order valence-corrected chi connectivity index (χ0v) is 23.2. The smallest absolute Gasteiger partial charge is 0.305 e. The minimum absolute atomic E-state index is 0.134. The van der Waals surface area contributed by atoms with E-state index in [1.807, 2.05) is 0 Å². The van der Waals surface area contributed by atoms with Gasteiger partial charge in [-0.1, -0.05) is 84.0 Å². The van der Waals surface area contributed by atoms with Gasteiger partial charge in [-0.2, -0.15) is 0 Å². The van der Waals surface area contributed by atoms with E-state index < -0.39 is 0 Å². The molecule has 0 saturated carbocycles. The topological polar surface area (TPSA) is 89.5 Å². The molecule has 0 spiro atoms. The number of unbranched alkanes of at least 4 members (excludes halogenated alkanes) is 12. The first-order valence-corrected chi connectivity index (χ1v) is 14.3. The highest BCUT2D eigenvalue weighted by atomic mass is 16.6. The Hall–Kier alpha value is -1.22. The SMILES string of the molecule is CCCCCCCCCCCCCCCC(=O)OCCOCCOCCOCCOCCOC(C)=O. The van der Waals surface area contributed by atoms with Crippen LogP contribution in [-0.4, -0.2) is 78.0 Å². The van der Waals surface area contributed by atoms with E-state index in [1.165, 1.54) is 77.6 Å². The number of carbonyl (C=O) groups excluding carboxylic acids is 2. The van der Waals surface area contributed by atoms with Crippen LogP contribution >= 0.6 is 0 Å². The summed E-state index contributed by atoms with van der Waals surface area (Å²) in [5, 5.41) is 0. The molecule has 0 unspecified atom stereocenters. The van der Waals surface area contributed by atoms with Crippen LogP contribution < -0.4 is 0 Å². The minimum atomic E-state index is -0.308. The summed E-state index contributed by atoms with van der Waals surface area (Å²) in [6.45, 7) is 7.71. The zero-order chi connectivity index (χ0) is 26.4. The Morgan fingerprint density at radius 1 is 0.444 bits per heavy atom. The predicted octanol–water partition coefficient (Wildman–Crippen LogP) is 5.64. The van der Waals surface area contributed by atoms with Crippen LogP contribution in [0.5, 0.6) is 0 Å². The van der Waals surface area contributed by atoms with E-state index >= 15 is 0 Å². The van der Waals surface area contributed by atoms with Gasteiger partial charge < -0.3 is 28.4 Å². The van der Waals surface area contributed by atoms with Gasteiger partial charge in [0.15, 0.2) is 0 Å². The molecule has 0 amide bonds. The average Bonchev–Trinajstić information content (AvgIpc) is 2.86. The molecular weight excluding hydrogens is 464 g/mol. The molecule has 214 valence electrons. The summed E-state index contributed by atoms with van der Waals surface area (Å²) >= 11 is 0. The van der Waals surface area contributed by atoms with E-state index in [4.69, 9.17) is 28.4 Å². The molecule has 0 aromatic heterocycles. The maximum atomic E-state index is 11.8. The van der Waals surface area contributed by atoms with Crippen LogP contribution in [0.4, 0.5) is 0 Å². The Labute approximate surface area is 220 Å². The Bertz CT molecular complexity index is 472. The summed E-state index contributed by atoms with van der Waals surface area (Å²) in [4.78, 5) is 22.3. The Morgan fingerprint density at radius 3 is 1.17 bits per heavy atom. The van der Waals surface area contributed by atoms with Crippen LogP contribution in [0, 0.1) is 0 Å². The van der Waals surface area contributed by atoms with Crippen LogP contribution in [0.25, 0.3) is 0 Å². The average molecular weight is 519 g/mol. The van der Waals surface area contributed by atoms with Gasteiger partial charge >= 0.3 is 11.9 Å². The fourth-order valence-electron chi connectivity index (χ4n) is 3.58. The lowest BCUT2D eigenvalue weighted by molar-refractivity contribution is -0.145. The molecule has 0 radical (unpaired) electrons. The van der Waals surface area contributed by atoms with E-state index in [-0.39, 0.29) is 25.2 Å². The van der Waals surface area contributed by atoms with Crippen molar-refractivity contribution >= 4 is 11.9 Å². The van der Waals surface area contributed by atoms with E-state index in [0.717, 1.165) is 12.8 Å². The Balaban J connectivity index is 3.15. The molecule has 36 heavy (non-hydrogen) atoms. The van der Waals surface area contributed by atoms with Crippen molar-refractivity contribution in [3.05, 3.63) is 0 Å². The number of esters is 2. The maximum Gasteiger partial charge on any atom is 0.305 e. The second kappa shape index (κ2) is 30.0. The zero-order valence-electron chi connectivity index (χ0n) is 23.2. The molecule has 0 aliphatic carbocycles. The van der Waals surface area contributed by atoms with Crippen LogP contribution in [0.1, 0.15) is 104 Å². The molecule has 0 atom stereocenters. The molecule has 0 N–H and O–H groups in total. The monoisotopic (exact) mass is 518 g/mol. The second-order valence-corrected chi connectivity index (χ2v) is 9.00. The third-order valence-electron chi connectivity index (χ3n) is 5.62. The lowest BCUT2D eigenvalue weighted by atomic mass is 10.0. The van der Waals surface area contributed by atoms with Gasteiger partial charge in [0, 0.05) is 13.3 Å². The van der Waals surface area contributed by atoms with Gasteiger partial charge in [0.25, 0.3) is 0 Å². The van der Waals surface area contributed by atoms with Crippen LogP contribution in [0.3, 0.4) is 0 Å². The van der Waals surface area contributed by atoms with Crippen molar-refractivity contribution in [3.63, 3.8) is 0 Å². The highest BCUT2D eigenvalue weighted by molar-refractivity contribution is 5.69. The molecule has 8 nitrogen and oxygen atoms in total. The minimum Gasteiger partial charge on any atom is -0.463 e. The standard InChI is InChI=1S/C28H54O8/c1-3-4-5-6-7-8-9-10-11-12-13-14-15-16-28(30)36-26-24-34-22-20-32-18-17-31-19-21-33-23-25-35-27(2)29/h3-26H2,1-2H3. The third kappa shape index (κ3) is 30.8. The molecule has 0 heterocycles. The fourth-order valence-corrected chi connectivity index (χ4v) is 3.58. The van der Waals surface area contributed by atoms with Crippen molar-refractivity contribution in [1.29, 1.82) is 0 Å². The number of hydrogen-bond donors (Lipinski definition) is 0. The van der Waals surface area contributed by atoms with Crippen molar-refractivity contribution in [3.8, 4) is 0 Å². The Kier molecular flexibility index (Phi) is 29.0. The molecule has 0 aromatic rings.